The number of carbonyl (C=O) groups excluding carboxylic acids is 2. The quantitative estimate of drug-likeness (QED) is 0.266. The molecule has 1 aromatic heterocycles. The summed E-state index contributed by atoms with van der Waals surface area (Å²) in [5.41, 5.74) is 7.23. The number of fused-ring (bicyclic) bond motifs is 1. The van der Waals surface area contributed by atoms with Gasteiger partial charge in [0.05, 0.1) is 5.56 Å². The van der Waals surface area contributed by atoms with Gasteiger partial charge in [-0.05, 0) is 71.6 Å². The van der Waals surface area contributed by atoms with Crippen molar-refractivity contribution in [1.29, 1.82) is 0 Å². The van der Waals surface area contributed by atoms with Gasteiger partial charge in [-0.15, -0.1) is 13.2 Å². The van der Waals surface area contributed by atoms with Crippen LogP contribution in [-0.2, 0) is 6.42 Å². The predicted octanol–water partition coefficient (Wildman–Crippen LogP) is 6.21. The van der Waals surface area contributed by atoms with Crippen LogP contribution >= 0.6 is 0 Å². The lowest BCUT2D eigenvalue weighted by Gasteiger charge is -2.15. The second-order valence-electron chi connectivity index (χ2n) is 9.16. The van der Waals surface area contributed by atoms with Crippen molar-refractivity contribution in [2.45, 2.75) is 26.6 Å². The zero-order valence-electron chi connectivity index (χ0n) is 20.5. The van der Waals surface area contributed by atoms with Crippen LogP contribution in [0.2, 0.25) is 0 Å². The lowest BCUT2D eigenvalue weighted by molar-refractivity contribution is -0.274. The molecule has 0 aliphatic heterocycles. The van der Waals surface area contributed by atoms with Crippen molar-refractivity contribution in [2.24, 2.45) is 11.7 Å². The van der Waals surface area contributed by atoms with Crippen molar-refractivity contribution in [3.8, 4) is 17.1 Å². The molecule has 0 spiro atoms. The summed E-state index contributed by atoms with van der Waals surface area (Å²) in [4.78, 5) is 24.9. The van der Waals surface area contributed by atoms with Gasteiger partial charge in [-0.3, -0.25) is 9.59 Å². The molecule has 4 aromatic rings. The van der Waals surface area contributed by atoms with Crippen molar-refractivity contribution >= 4 is 22.8 Å². The number of hydrogen-bond donors (Lipinski definition) is 2. The first-order valence-electron chi connectivity index (χ1n) is 11.7. The minimum Gasteiger partial charge on any atom is -0.455 e. The molecule has 0 bridgehead atoms. The van der Waals surface area contributed by atoms with E-state index in [1.54, 1.807) is 18.2 Å². The number of nitrogens with one attached hydrogen (secondary N) is 1. The Morgan fingerprint density at radius 3 is 2.37 bits per heavy atom. The van der Waals surface area contributed by atoms with Crippen LogP contribution in [-0.4, -0.2) is 24.7 Å². The highest BCUT2D eigenvalue weighted by Crippen LogP contribution is 2.35. The van der Waals surface area contributed by atoms with Gasteiger partial charge in [-0.2, -0.15) is 0 Å². The normalized spacial score (nSPS) is 11.7. The van der Waals surface area contributed by atoms with Crippen LogP contribution in [0.3, 0.4) is 0 Å². The largest absolute Gasteiger partial charge is 0.573 e. The third-order valence-corrected chi connectivity index (χ3v) is 5.72. The molecule has 10 heteroatoms. The lowest BCUT2D eigenvalue weighted by Crippen LogP contribution is -2.27. The Kier molecular flexibility index (Phi) is 7.43. The number of benzene rings is 3. The fourth-order valence-electron chi connectivity index (χ4n) is 4.01. The summed E-state index contributed by atoms with van der Waals surface area (Å²) in [7, 11) is 0. The Morgan fingerprint density at radius 1 is 1.03 bits per heavy atom. The van der Waals surface area contributed by atoms with E-state index in [-0.39, 0.29) is 34.8 Å². The predicted molar refractivity (Wildman–Crippen MR) is 133 cm³/mol. The number of furan rings is 1. The fraction of sp³-hybridized carbons (Fsp3) is 0.214. The van der Waals surface area contributed by atoms with E-state index in [1.165, 1.54) is 36.4 Å². The minimum absolute atomic E-state index is 0.0537. The molecule has 1 heterocycles. The van der Waals surface area contributed by atoms with Gasteiger partial charge in [0.1, 0.15) is 22.9 Å². The van der Waals surface area contributed by atoms with E-state index in [2.05, 4.69) is 10.1 Å². The summed E-state index contributed by atoms with van der Waals surface area (Å²) in [5, 5.41) is 3.08. The Balaban J connectivity index is 1.75. The molecule has 0 unspecified atom stereocenters. The van der Waals surface area contributed by atoms with E-state index in [9.17, 15) is 27.2 Å². The molecule has 38 heavy (non-hydrogen) atoms. The van der Waals surface area contributed by atoms with Crippen LogP contribution in [0, 0.1) is 11.7 Å². The third kappa shape index (κ3) is 6.13. The number of primary amides is 1. The van der Waals surface area contributed by atoms with E-state index in [0.717, 1.165) is 6.07 Å². The highest BCUT2D eigenvalue weighted by atomic mass is 19.4. The number of ether oxygens (including phenoxy) is 1. The second kappa shape index (κ2) is 10.6. The summed E-state index contributed by atoms with van der Waals surface area (Å²) in [6.45, 7) is 4.23. The number of alkyl halides is 3. The SMILES string of the molecule is CC(C)CNC(=O)c1ccc(OC(F)(F)F)c(Cc2ccc3oc(-c4ccc(F)cc4)c(C(N)=O)c3c2)c1. The van der Waals surface area contributed by atoms with Crippen LogP contribution in [0.25, 0.3) is 22.3 Å². The molecule has 0 radical (unpaired) electrons. The van der Waals surface area contributed by atoms with Crippen LogP contribution < -0.4 is 15.8 Å². The molecule has 6 nitrogen and oxygen atoms in total. The molecule has 0 aliphatic carbocycles. The smallest absolute Gasteiger partial charge is 0.455 e. The number of hydrogen-bond acceptors (Lipinski definition) is 4. The fourth-order valence-corrected chi connectivity index (χ4v) is 4.01. The summed E-state index contributed by atoms with van der Waals surface area (Å²) in [6.07, 6.45) is -4.99. The zero-order chi connectivity index (χ0) is 27.6. The topological polar surface area (TPSA) is 94.6 Å². The maximum atomic E-state index is 13.4. The number of amides is 2. The van der Waals surface area contributed by atoms with E-state index in [4.69, 9.17) is 10.2 Å². The molecular weight excluding hydrogens is 504 g/mol. The average molecular weight is 529 g/mol. The van der Waals surface area contributed by atoms with Crippen LogP contribution in [0.15, 0.2) is 65.1 Å². The van der Waals surface area contributed by atoms with Gasteiger partial charge in [-0.25, -0.2) is 4.39 Å². The molecule has 2 amide bonds. The number of rotatable bonds is 8. The Morgan fingerprint density at radius 2 is 1.74 bits per heavy atom. The van der Waals surface area contributed by atoms with Gasteiger partial charge in [0.15, 0.2) is 0 Å². The number of carbonyl (C=O) groups is 2. The first-order valence-corrected chi connectivity index (χ1v) is 11.7. The van der Waals surface area contributed by atoms with Crippen LogP contribution in [0.5, 0.6) is 5.75 Å². The zero-order valence-corrected chi connectivity index (χ0v) is 20.5. The maximum absolute atomic E-state index is 13.4. The summed E-state index contributed by atoms with van der Waals surface area (Å²) in [5.74, 6) is -1.80. The van der Waals surface area contributed by atoms with Gasteiger partial charge < -0.3 is 20.2 Å². The van der Waals surface area contributed by atoms with Crippen molar-refractivity contribution in [3.05, 3.63) is 88.7 Å². The van der Waals surface area contributed by atoms with Crippen LogP contribution in [0.4, 0.5) is 17.6 Å². The first-order chi connectivity index (χ1) is 17.9. The van der Waals surface area contributed by atoms with Crippen molar-refractivity contribution in [2.75, 3.05) is 6.54 Å². The molecular formula is C28H24F4N2O4. The van der Waals surface area contributed by atoms with E-state index < -0.39 is 29.7 Å². The molecule has 0 fully saturated rings. The van der Waals surface area contributed by atoms with E-state index >= 15 is 0 Å². The molecule has 0 atom stereocenters. The van der Waals surface area contributed by atoms with Gasteiger partial charge in [0.2, 0.25) is 0 Å². The molecule has 4 rings (SSSR count). The van der Waals surface area contributed by atoms with E-state index in [0.29, 0.717) is 28.6 Å². The van der Waals surface area contributed by atoms with Gasteiger partial charge in [0, 0.05) is 29.5 Å². The molecule has 0 aliphatic rings. The maximum Gasteiger partial charge on any atom is 0.573 e. The van der Waals surface area contributed by atoms with Crippen molar-refractivity contribution in [1.82, 2.24) is 5.32 Å². The molecule has 3 aromatic carbocycles. The second-order valence-corrected chi connectivity index (χ2v) is 9.16. The molecule has 0 saturated carbocycles. The standard InChI is InChI=1S/C28H24F4N2O4/c1-15(2)14-34-27(36)18-6-10-22(38-28(30,31)32)19(13-18)11-16-3-9-23-21(12-16)24(26(33)35)25(37-23)17-4-7-20(29)8-5-17/h3-10,12-13,15H,11,14H2,1-2H3,(H2,33,35)(H,34,36). The lowest BCUT2D eigenvalue weighted by atomic mass is 9.98. The minimum atomic E-state index is -4.94. The van der Waals surface area contributed by atoms with E-state index in [1.807, 2.05) is 13.8 Å². The summed E-state index contributed by atoms with van der Waals surface area (Å²) >= 11 is 0. The number of halogens is 4. The Hall–Kier alpha value is -4.34. The third-order valence-electron chi connectivity index (χ3n) is 5.72. The van der Waals surface area contributed by atoms with Crippen molar-refractivity contribution in [3.63, 3.8) is 0 Å². The average Bonchev–Trinajstić information content (AvgIpc) is 3.22. The monoisotopic (exact) mass is 528 g/mol. The Labute approximate surface area is 215 Å². The molecule has 0 saturated heterocycles. The van der Waals surface area contributed by atoms with Crippen molar-refractivity contribution < 1.29 is 36.3 Å². The van der Waals surface area contributed by atoms with Gasteiger partial charge in [-0.1, -0.05) is 19.9 Å². The summed E-state index contributed by atoms with van der Waals surface area (Å²) < 4.78 is 62.7. The Bertz CT molecular complexity index is 1490. The highest BCUT2D eigenvalue weighted by Gasteiger charge is 2.32. The molecule has 198 valence electrons. The van der Waals surface area contributed by atoms with Gasteiger partial charge in [0.25, 0.3) is 11.8 Å². The highest BCUT2D eigenvalue weighted by molar-refractivity contribution is 6.10. The number of nitrogens with two attached hydrogens (primary N) is 1. The summed E-state index contributed by atoms with van der Waals surface area (Å²) in [6, 6.07) is 13.8. The molecule has 3 N–H and O–H groups in total. The first kappa shape index (κ1) is 26.7. The van der Waals surface area contributed by atoms with Gasteiger partial charge >= 0.3 is 6.36 Å². The van der Waals surface area contributed by atoms with Crippen LogP contribution in [0.1, 0.15) is 45.7 Å².